The Hall–Kier alpha value is -1.03. The second kappa shape index (κ2) is 6.05. The van der Waals surface area contributed by atoms with Gasteiger partial charge in [-0.3, -0.25) is 0 Å². The van der Waals surface area contributed by atoms with E-state index in [9.17, 15) is 4.79 Å². The molecule has 0 heterocycles. The second-order valence-electron chi connectivity index (χ2n) is 4.12. The van der Waals surface area contributed by atoms with Gasteiger partial charge in [-0.15, -0.1) is 0 Å². The van der Waals surface area contributed by atoms with E-state index in [2.05, 4.69) is 34.5 Å². The van der Waals surface area contributed by atoms with Crippen LogP contribution in [0.4, 0.5) is 0 Å². The summed E-state index contributed by atoms with van der Waals surface area (Å²) < 4.78 is 11.3. The summed E-state index contributed by atoms with van der Waals surface area (Å²) in [6, 6.07) is 5.76. The fourth-order valence-corrected chi connectivity index (χ4v) is 1.86. The molecule has 0 spiro atoms. The van der Waals surface area contributed by atoms with Gasteiger partial charge in [0, 0.05) is 4.47 Å². The van der Waals surface area contributed by atoms with Crippen LogP contribution in [0.25, 0.3) is 0 Å². The Morgan fingerprint density at radius 2 is 1.94 bits per heavy atom. The first kappa shape index (κ1) is 14.0. The minimum absolute atomic E-state index is 0.326. The minimum Gasteiger partial charge on any atom is -0.479 e. The van der Waals surface area contributed by atoms with Gasteiger partial charge in [0.25, 0.3) is 0 Å². The lowest BCUT2D eigenvalue weighted by Crippen LogP contribution is -2.25. The molecule has 1 rings (SSSR count). The fraction of sp³-hybridized carbons (Fsp3) is 0.462. The summed E-state index contributed by atoms with van der Waals surface area (Å²) in [4.78, 5) is 11.3. The van der Waals surface area contributed by atoms with Crippen LogP contribution in [0.2, 0.25) is 0 Å². The van der Waals surface area contributed by atoms with Crippen molar-refractivity contribution in [2.24, 2.45) is 0 Å². The van der Waals surface area contributed by atoms with E-state index in [0.717, 1.165) is 15.8 Å². The van der Waals surface area contributed by atoms with Gasteiger partial charge in [-0.05, 0) is 36.6 Å². The maximum Gasteiger partial charge on any atom is 0.346 e. The average Bonchev–Trinajstić information content (AvgIpc) is 2.29. The summed E-state index contributed by atoms with van der Waals surface area (Å²) in [7, 11) is 1.35. The normalized spacial score (nSPS) is 12.4. The Morgan fingerprint density at radius 1 is 1.29 bits per heavy atom. The molecule has 17 heavy (non-hydrogen) atoms. The van der Waals surface area contributed by atoms with Gasteiger partial charge >= 0.3 is 5.97 Å². The van der Waals surface area contributed by atoms with E-state index in [4.69, 9.17) is 4.74 Å². The molecule has 0 aliphatic carbocycles. The van der Waals surface area contributed by atoms with Crippen LogP contribution in [0.5, 0.6) is 5.75 Å². The number of ether oxygens (including phenoxy) is 2. The molecule has 0 amide bonds. The number of esters is 1. The molecule has 1 aromatic rings. The second-order valence-corrected chi connectivity index (χ2v) is 5.04. The first-order chi connectivity index (χ1) is 7.95. The zero-order chi connectivity index (χ0) is 13.0. The van der Waals surface area contributed by atoms with E-state index < -0.39 is 6.10 Å². The Kier molecular flexibility index (Phi) is 5.00. The minimum atomic E-state index is -0.598. The Labute approximate surface area is 110 Å². The Morgan fingerprint density at radius 3 is 2.47 bits per heavy atom. The molecule has 0 fully saturated rings. The van der Waals surface area contributed by atoms with Crippen molar-refractivity contribution in [3.05, 3.63) is 28.2 Å². The molecule has 0 bridgehead atoms. The van der Waals surface area contributed by atoms with Gasteiger partial charge in [0.15, 0.2) is 6.10 Å². The van der Waals surface area contributed by atoms with Crippen LogP contribution in [-0.4, -0.2) is 19.2 Å². The highest BCUT2D eigenvalue weighted by atomic mass is 79.9. The van der Waals surface area contributed by atoms with Crippen LogP contribution in [-0.2, 0) is 9.53 Å². The van der Waals surface area contributed by atoms with Crippen molar-refractivity contribution in [1.82, 2.24) is 0 Å². The topological polar surface area (TPSA) is 35.5 Å². The van der Waals surface area contributed by atoms with Crippen LogP contribution < -0.4 is 4.74 Å². The van der Waals surface area contributed by atoms with Crippen molar-refractivity contribution in [2.45, 2.75) is 32.8 Å². The third-order valence-corrected chi connectivity index (χ3v) is 2.92. The Balaban J connectivity index is 2.94. The molecule has 1 atom stereocenters. The van der Waals surface area contributed by atoms with E-state index in [1.54, 1.807) is 6.92 Å². The van der Waals surface area contributed by atoms with Crippen molar-refractivity contribution >= 4 is 21.9 Å². The quantitative estimate of drug-likeness (QED) is 0.798. The van der Waals surface area contributed by atoms with Crippen LogP contribution in [0, 0.1) is 0 Å². The molecule has 0 saturated carbocycles. The highest BCUT2D eigenvalue weighted by Crippen LogP contribution is 2.30. The number of halogens is 1. The fourth-order valence-electron chi connectivity index (χ4n) is 1.48. The number of hydrogen-bond donors (Lipinski definition) is 0. The van der Waals surface area contributed by atoms with E-state index in [-0.39, 0.29) is 5.97 Å². The molecule has 0 unspecified atom stereocenters. The van der Waals surface area contributed by atoms with Crippen LogP contribution in [0.1, 0.15) is 32.3 Å². The zero-order valence-electron chi connectivity index (χ0n) is 10.5. The van der Waals surface area contributed by atoms with Gasteiger partial charge in [-0.2, -0.15) is 0 Å². The lowest BCUT2D eigenvalue weighted by Gasteiger charge is -2.17. The molecule has 3 nitrogen and oxygen atoms in total. The number of benzene rings is 1. The summed E-state index contributed by atoms with van der Waals surface area (Å²) in [5.74, 6) is 0.677. The third kappa shape index (κ3) is 3.73. The van der Waals surface area contributed by atoms with E-state index in [1.165, 1.54) is 7.11 Å². The molecule has 0 N–H and O–H groups in total. The van der Waals surface area contributed by atoms with Gasteiger partial charge in [0.2, 0.25) is 0 Å². The molecule has 0 aliphatic rings. The highest BCUT2D eigenvalue weighted by Gasteiger charge is 2.17. The molecular weight excluding hydrogens is 284 g/mol. The lowest BCUT2D eigenvalue weighted by atomic mass is 10.0. The first-order valence-corrected chi connectivity index (χ1v) is 6.29. The number of hydrogen-bond acceptors (Lipinski definition) is 3. The highest BCUT2D eigenvalue weighted by molar-refractivity contribution is 9.10. The predicted octanol–water partition coefficient (Wildman–Crippen LogP) is 3.51. The van der Waals surface area contributed by atoms with Crippen LogP contribution >= 0.6 is 15.9 Å². The number of carbonyl (C=O) groups is 1. The largest absolute Gasteiger partial charge is 0.479 e. The van der Waals surface area contributed by atoms with Crippen LogP contribution in [0.15, 0.2) is 22.7 Å². The predicted molar refractivity (Wildman–Crippen MR) is 70.3 cm³/mol. The molecule has 0 radical (unpaired) electrons. The average molecular weight is 301 g/mol. The third-order valence-electron chi connectivity index (χ3n) is 2.43. The van der Waals surface area contributed by atoms with Crippen molar-refractivity contribution in [3.63, 3.8) is 0 Å². The van der Waals surface area contributed by atoms with Crippen molar-refractivity contribution in [3.8, 4) is 5.75 Å². The summed E-state index contributed by atoms with van der Waals surface area (Å²) in [6.07, 6.45) is -0.598. The summed E-state index contributed by atoms with van der Waals surface area (Å²) in [5, 5.41) is 0. The van der Waals surface area contributed by atoms with Gasteiger partial charge in [0.1, 0.15) is 5.75 Å². The van der Waals surface area contributed by atoms with Crippen LogP contribution in [0.3, 0.4) is 0 Å². The van der Waals surface area contributed by atoms with Gasteiger partial charge in [-0.1, -0.05) is 29.8 Å². The zero-order valence-corrected chi connectivity index (χ0v) is 12.1. The summed E-state index contributed by atoms with van der Waals surface area (Å²) in [5.41, 5.74) is 1.06. The van der Waals surface area contributed by atoms with E-state index >= 15 is 0 Å². The summed E-state index contributed by atoms with van der Waals surface area (Å²) in [6.45, 7) is 5.84. The number of methoxy groups -OCH3 is 1. The van der Waals surface area contributed by atoms with E-state index in [0.29, 0.717) is 5.92 Å². The molecule has 94 valence electrons. The molecular formula is C13H17BrO3. The lowest BCUT2D eigenvalue weighted by molar-refractivity contribution is -0.147. The monoisotopic (exact) mass is 300 g/mol. The van der Waals surface area contributed by atoms with Crippen molar-refractivity contribution in [1.29, 1.82) is 0 Å². The standard InChI is InChI=1S/C13H17BrO3/c1-8(2)11-7-10(14)5-6-12(11)17-9(3)13(15)16-4/h5-9H,1-4H3/t9-/m1/s1. The maximum atomic E-state index is 11.3. The van der Waals surface area contributed by atoms with Gasteiger partial charge in [0.05, 0.1) is 7.11 Å². The molecule has 0 saturated heterocycles. The Bertz CT molecular complexity index is 402. The van der Waals surface area contributed by atoms with Crippen molar-refractivity contribution in [2.75, 3.05) is 7.11 Å². The number of carbonyl (C=O) groups excluding carboxylic acids is 1. The number of rotatable bonds is 4. The molecule has 4 heteroatoms. The van der Waals surface area contributed by atoms with Gasteiger partial charge in [-0.25, -0.2) is 4.79 Å². The molecule has 0 aliphatic heterocycles. The smallest absolute Gasteiger partial charge is 0.346 e. The maximum absolute atomic E-state index is 11.3. The SMILES string of the molecule is COC(=O)[C@@H](C)Oc1ccc(Br)cc1C(C)C. The molecule has 0 aromatic heterocycles. The summed E-state index contributed by atoms with van der Waals surface area (Å²) >= 11 is 3.43. The van der Waals surface area contributed by atoms with Crippen molar-refractivity contribution < 1.29 is 14.3 Å². The van der Waals surface area contributed by atoms with E-state index in [1.807, 2.05) is 18.2 Å². The van der Waals surface area contributed by atoms with Gasteiger partial charge < -0.3 is 9.47 Å². The molecule has 1 aromatic carbocycles. The first-order valence-electron chi connectivity index (χ1n) is 5.49.